The van der Waals surface area contributed by atoms with E-state index in [9.17, 15) is 0 Å². The summed E-state index contributed by atoms with van der Waals surface area (Å²) in [5.74, 6) is 0. The summed E-state index contributed by atoms with van der Waals surface area (Å²) >= 11 is 0. The third kappa shape index (κ3) is 2.46. The summed E-state index contributed by atoms with van der Waals surface area (Å²) in [5, 5.41) is 7.26. The maximum atomic E-state index is 5.89. The van der Waals surface area contributed by atoms with Crippen molar-refractivity contribution in [3.63, 3.8) is 0 Å². The monoisotopic (exact) mass is 216 g/mol. The Hall–Kier alpha value is -1.68. The van der Waals surface area contributed by atoms with E-state index in [4.69, 9.17) is 5.73 Å². The Morgan fingerprint density at radius 2 is 2.38 bits per heavy atom. The van der Waals surface area contributed by atoms with Gasteiger partial charge in [0, 0.05) is 36.1 Å². The molecule has 3 N–H and O–H groups in total. The van der Waals surface area contributed by atoms with E-state index in [2.05, 4.69) is 22.1 Å². The molecule has 2 aromatic rings. The summed E-state index contributed by atoms with van der Waals surface area (Å²) in [4.78, 5) is 4.07. The van der Waals surface area contributed by atoms with Crippen molar-refractivity contribution in [3.8, 4) is 11.3 Å². The summed E-state index contributed by atoms with van der Waals surface area (Å²) in [6.07, 6.45) is 5.37. The number of aromatic nitrogens is 3. The zero-order valence-electron chi connectivity index (χ0n) is 9.35. The summed E-state index contributed by atoms with van der Waals surface area (Å²) < 4.78 is 0. The first kappa shape index (κ1) is 10.8. The summed E-state index contributed by atoms with van der Waals surface area (Å²) in [6, 6.07) is 6.13. The van der Waals surface area contributed by atoms with Crippen LogP contribution in [0.3, 0.4) is 0 Å². The Morgan fingerprint density at radius 3 is 3.06 bits per heavy atom. The van der Waals surface area contributed by atoms with Gasteiger partial charge in [0.05, 0.1) is 5.69 Å². The SMILES string of the molecule is CCC(N)Cc1cc(-c2cccnc2)n[nH]1. The highest BCUT2D eigenvalue weighted by atomic mass is 15.1. The van der Waals surface area contributed by atoms with E-state index in [-0.39, 0.29) is 6.04 Å². The molecule has 0 aromatic carbocycles. The molecule has 0 spiro atoms. The number of hydrogen-bond donors (Lipinski definition) is 2. The molecule has 0 aliphatic rings. The van der Waals surface area contributed by atoms with E-state index in [1.54, 1.807) is 12.4 Å². The molecule has 16 heavy (non-hydrogen) atoms. The lowest BCUT2D eigenvalue weighted by Gasteiger charge is -2.04. The lowest BCUT2D eigenvalue weighted by atomic mass is 10.1. The van der Waals surface area contributed by atoms with Gasteiger partial charge < -0.3 is 5.73 Å². The molecule has 0 bridgehead atoms. The summed E-state index contributed by atoms with van der Waals surface area (Å²) in [6.45, 7) is 2.09. The van der Waals surface area contributed by atoms with Gasteiger partial charge in [-0.1, -0.05) is 6.92 Å². The summed E-state index contributed by atoms with van der Waals surface area (Å²) in [7, 11) is 0. The molecule has 0 radical (unpaired) electrons. The van der Waals surface area contributed by atoms with Crippen molar-refractivity contribution >= 4 is 0 Å². The second-order valence-corrected chi connectivity index (χ2v) is 3.89. The van der Waals surface area contributed by atoms with Gasteiger partial charge in [-0.05, 0) is 24.6 Å². The largest absolute Gasteiger partial charge is 0.327 e. The van der Waals surface area contributed by atoms with Crippen molar-refractivity contribution in [1.82, 2.24) is 15.2 Å². The lowest BCUT2D eigenvalue weighted by molar-refractivity contribution is 0.635. The van der Waals surface area contributed by atoms with Crippen LogP contribution in [0.5, 0.6) is 0 Å². The van der Waals surface area contributed by atoms with Crippen LogP contribution in [0.4, 0.5) is 0 Å². The molecule has 2 heterocycles. The van der Waals surface area contributed by atoms with Crippen LogP contribution in [-0.4, -0.2) is 21.2 Å². The zero-order valence-corrected chi connectivity index (χ0v) is 9.35. The van der Waals surface area contributed by atoms with E-state index < -0.39 is 0 Å². The van der Waals surface area contributed by atoms with Gasteiger partial charge in [0.15, 0.2) is 0 Å². The van der Waals surface area contributed by atoms with Gasteiger partial charge in [-0.2, -0.15) is 5.10 Å². The number of nitrogens with two attached hydrogens (primary N) is 1. The zero-order chi connectivity index (χ0) is 11.4. The molecule has 2 rings (SSSR count). The van der Waals surface area contributed by atoms with Crippen LogP contribution >= 0.6 is 0 Å². The second-order valence-electron chi connectivity index (χ2n) is 3.89. The van der Waals surface area contributed by atoms with Gasteiger partial charge in [0.1, 0.15) is 0 Å². The summed E-state index contributed by atoms with van der Waals surface area (Å²) in [5.41, 5.74) is 8.92. The van der Waals surface area contributed by atoms with Gasteiger partial charge >= 0.3 is 0 Å². The Bertz CT molecular complexity index is 435. The highest BCUT2D eigenvalue weighted by molar-refractivity contribution is 5.57. The van der Waals surface area contributed by atoms with Gasteiger partial charge in [-0.15, -0.1) is 0 Å². The quantitative estimate of drug-likeness (QED) is 0.818. The van der Waals surface area contributed by atoms with Crippen LogP contribution in [0.25, 0.3) is 11.3 Å². The van der Waals surface area contributed by atoms with Crippen LogP contribution in [-0.2, 0) is 6.42 Å². The highest BCUT2D eigenvalue weighted by Crippen LogP contribution is 2.16. The normalized spacial score (nSPS) is 12.6. The first-order chi connectivity index (χ1) is 7.79. The van der Waals surface area contributed by atoms with Gasteiger partial charge in [0.25, 0.3) is 0 Å². The third-order valence-electron chi connectivity index (χ3n) is 2.59. The number of rotatable bonds is 4. The molecule has 0 aliphatic carbocycles. The fraction of sp³-hybridized carbons (Fsp3) is 0.333. The number of pyridine rings is 1. The number of H-pyrrole nitrogens is 1. The van der Waals surface area contributed by atoms with Gasteiger partial charge in [0.2, 0.25) is 0 Å². The van der Waals surface area contributed by atoms with E-state index in [0.717, 1.165) is 29.8 Å². The van der Waals surface area contributed by atoms with Gasteiger partial charge in [-0.3, -0.25) is 10.1 Å². The third-order valence-corrected chi connectivity index (χ3v) is 2.59. The van der Waals surface area contributed by atoms with Crippen LogP contribution in [0.1, 0.15) is 19.0 Å². The molecule has 4 heteroatoms. The van der Waals surface area contributed by atoms with Crippen molar-refractivity contribution in [1.29, 1.82) is 0 Å². The Balaban J connectivity index is 2.14. The van der Waals surface area contributed by atoms with Crippen molar-refractivity contribution in [3.05, 3.63) is 36.3 Å². The fourth-order valence-electron chi connectivity index (χ4n) is 1.56. The van der Waals surface area contributed by atoms with E-state index in [1.165, 1.54) is 0 Å². The molecular weight excluding hydrogens is 200 g/mol. The first-order valence-corrected chi connectivity index (χ1v) is 5.50. The molecule has 0 amide bonds. The molecule has 0 fully saturated rings. The fourth-order valence-corrected chi connectivity index (χ4v) is 1.56. The average Bonchev–Trinajstić information content (AvgIpc) is 2.78. The molecule has 1 atom stereocenters. The number of aromatic amines is 1. The Kier molecular flexibility index (Phi) is 3.31. The second kappa shape index (κ2) is 4.90. The molecule has 0 saturated carbocycles. The standard InChI is InChI=1S/C12H16N4/c1-2-10(13)6-11-7-12(16-15-11)9-4-3-5-14-8-9/h3-5,7-8,10H,2,6,13H2,1H3,(H,15,16). The molecule has 0 saturated heterocycles. The molecule has 0 aliphatic heterocycles. The number of hydrogen-bond acceptors (Lipinski definition) is 3. The van der Waals surface area contributed by atoms with Crippen molar-refractivity contribution in [2.24, 2.45) is 5.73 Å². The van der Waals surface area contributed by atoms with Crippen LogP contribution in [0.2, 0.25) is 0 Å². The highest BCUT2D eigenvalue weighted by Gasteiger charge is 2.06. The van der Waals surface area contributed by atoms with Crippen molar-refractivity contribution in [2.45, 2.75) is 25.8 Å². The minimum Gasteiger partial charge on any atom is -0.327 e. The van der Waals surface area contributed by atoms with Crippen LogP contribution in [0, 0.1) is 0 Å². The Labute approximate surface area is 94.9 Å². The maximum Gasteiger partial charge on any atom is 0.0939 e. The first-order valence-electron chi connectivity index (χ1n) is 5.50. The minimum absolute atomic E-state index is 0.196. The van der Waals surface area contributed by atoms with E-state index >= 15 is 0 Å². The van der Waals surface area contributed by atoms with Gasteiger partial charge in [-0.25, -0.2) is 0 Å². The molecule has 84 valence electrons. The number of nitrogens with one attached hydrogen (secondary N) is 1. The average molecular weight is 216 g/mol. The maximum absolute atomic E-state index is 5.89. The molecule has 1 unspecified atom stereocenters. The van der Waals surface area contributed by atoms with Crippen molar-refractivity contribution < 1.29 is 0 Å². The number of nitrogens with zero attached hydrogens (tertiary/aromatic N) is 2. The smallest absolute Gasteiger partial charge is 0.0939 e. The molecule has 2 aromatic heterocycles. The minimum atomic E-state index is 0.196. The molecule has 4 nitrogen and oxygen atoms in total. The van der Waals surface area contributed by atoms with Crippen molar-refractivity contribution in [2.75, 3.05) is 0 Å². The van der Waals surface area contributed by atoms with E-state index in [0.29, 0.717) is 0 Å². The van der Waals surface area contributed by atoms with Crippen LogP contribution < -0.4 is 5.73 Å². The topological polar surface area (TPSA) is 67.6 Å². The Morgan fingerprint density at radius 1 is 1.50 bits per heavy atom. The van der Waals surface area contributed by atoms with E-state index in [1.807, 2.05) is 18.2 Å². The predicted octanol–water partition coefficient (Wildman–Crippen LogP) is 1.75. The predicted molar refractivity (Wildman–Crippen MR) is 63.8 cm³/mol. The molecular formula is C12H16N4. The van der Waals surface area contributed by atoms with Crippen LogP contribution in [0.15, 0.2) is 30.6 Å². The lowest BCUT2D eigenvalue weighted by Crippen LogP contribution is -2.21.